The molecule has 2 amide bonds. The van der Waals surface area contributed by atoms with Crippen molar-refractivity contribution in [3.8, 4) is 11.5 Å². The predicted octanol–water partition coefficient (Wildman–Crippen LogP) is 1.97. The first-order valence-electron chi connectivity index (χ1n) is 7.90. The quantitative estimate of drug-likeness (QED) is 0.889. The molecule has 0 saturated carbocycles. The smallest absolute Gasteiger partial charge is 0.409 e. The topological polar surface area (TPSA) is 77.1 Å². The van der Waals surface area contributed by atoms with E-state index in [1.54, 1.807) is 0 Å². The molecule has 24 heavy (non-hydrogen) atoms. The average molecular weight is 336 g/mol. The largest absolute Gasteiger partial charge is 0.486 e. The van der Waals surface area contributed by atoms with Crippen LogP contribution in [0.5, 0.6) is 11.5 Å². The van der Waals surface area contributed by atoms with Crippen molar-refractivity contribution in [1.82, 2.24) is 10.2 Å². The van der Waals surface area contributed by atoms with Gasteiger partial charge in [-0.2, -0.15) is 0 Å². The van der Waals surface area contributed by atoms with Gasteiger partial charge < -0.3 is 24.4 Å². The van der Waals surface area contributed by atoms with Crippen LogP contribution in [-0.2, 0) is 9.53 Å². The second-order valence-electron chi connectivity index (χ2n) is 6.02. The Morgan fingerprint density at radius 2 is 1.92 bits per heavy atom. The molecule has 0 bridgehead atoms. The number of methoxy groups -OCH3 is 1. The second kappa shape index (κ2) is 7.90. The van der Waals surface area contributed by atoms with E-state index in [2.05, 4.69) is 10.1 Å². The zero-order valence-electron chi connectivity index (χ0n) is 14.5. The molecular formula is C17H24N2O5. The molecular weight excluding hydrogens is 312 g/mol. The third kappa shape index (κ3) is 4.31. The first-order chi connectivity index (χ1) is 11.4. The van der Waals surface area contributed by atoms with E-state index in [9.17, 15) is 9.59 Å². The number of fused-ring (bicyclic) bond motifs is 1. The number of benzene rings is 1. The van der Waals surface area contributed by atoms with Gasteiger partial charge in [-0.25, -0.2) is 4.79 Å². The van der Waals surface area contributed by atoms with Gasteiger partial charge in [0.15, 0.2) is 11.5 Å². The maximum atomic E-state index is 12.2. The summed E-state index contributed by atoms with van der Waals surface area (Å²) in [5, 5.41) is 2.96. The van der Waals surface area contributed by atoms with Gasteiger partial charge in [0.25, 0.3) is 0 Å². The lowest BCUT2D eigenvalue weighted by molar-refractivity contribution is -0.122. The van der Waals surface area contributed by atoms with Gasteiger partial charge in [-0.05, 0) is 23.6 Å². The molecule has 0 radical (unpaired) electrons. The monoisotopic (exact) mass is 336 g/mol. The van der Waals surface area contributed by atoms with Crippen LogP contribution in [-0.4, -0.2) is 50.8 Å². The van der Waals surface area contributed by atoms with Gasteiger partial charge in [-0.1, -0.05) is 19.9 Å². The summed E-state index contributed by atoms with van der Waals surface area (Å²) in [6.07, 6.45) is -0.550. The number of ether oxygens (including phenoxy) is 3. The number of rotatable bonds is 5. The van der Waals surface area contributed by atoms with E-state index >= 15 is 0 Å². The minimum atomic E-state index is -0.550. The minimum Gasteiger partial charge on any atom is -0.486 e. The van der Waals surface area contributed by atoms with Crippen molar-refractivity contribution >= 4 is 12.0 Å². The van der Waals surface area contributed by atoms with E-state index in [1.807, 2.05) is 32.0 Å². The maximum absolute atomic E-state index is 12.2. The van der Waals surface area contributed by atoms with Crippen LogP contribution in [0.4, 0.5) is 4.79 Å². The van der Waals surface area contributed by atoms with Gasteiger partial charge >= 0.3 is 6.09 Å². The maximum Gasteiger partial charge on any atom is 0.409 e. The highest BCUT2D eigenvalue weighted by Gasteiger charge is 2.22. The Hall–Kier alpha value is -2.44. The molecule has 1 aromatic carbocycles. The van der Waals surface area contributed by atoms with Crippen molar-refractivity contribution in [3.05, 3.63) is 23.8 Å². The molecule has 7 nitrogen and oxygen atoms in total. The van der Waals surface area contributed by atoms with Crippen molar-refractivity contribution in [2.24, 2.45) is 5.92 Å². The fourth-order valence-electron chi connectivity index (χ4n) is 2.54. The van der Waals surface area contributed by atoms with E-state index in [0.29, 0.717) is 24.7 Å². The zero-order valence-corrected chi connectivity index (χ0v) is 14.5. The Labute approximate surface area is 141 Å². The van der Waals surface area contributed by atoms with Crippen molar-refractivity contribution in [3.63, 3.8) is 0 Å². The van der Waals surface area contributed by atoms with E-state index in [-0.39, 0.29) is 24.4 Å². The molecule has 0 saturated heterocycles. The van der Waals surface area contributed by atoms with Crippen molar-refractivity contribution in [2.75, 3.05) is 33.9 Å². The van der Waals surface area contributed by atoms with Gasteiger partial charge in [0.1, 0.15) is 19.8 Å². The number of carbonyl (C=O) groups is 2. The SMILES string of the molecule is COC(=O)N(C)CC(=O)NC(c1ccc2c(c1)OCCO2)C(C)C. The first-order valence-corrected chi connectivity index (χ1v) is 7.90. The summed E-state index contributed by atoms with van der Waals surface area (Å²) in [5.74, 6) is 1.31. The minimum absolute atomic E-state index is 0.0690. The Kier molecular flexibility index (Phi) is 5.89. The third-order valence-electron chi connectivity index (χ3n) is 3.78. The van der Waals surface area contributed by atoms with Crippen molar-refractivity contribution in [2.45, 2.75) is 19.9 Å². The highest BCUT2D eigenvalue weighted by molar-refractivity contribution is 5.82. The van der Waals surface area contributed by atoms with Crippen LogP contribution in [0.1, 0.15) is 25.5 Å². The summed E-state index contributed by atoms with van der Waals surface area (Å²) in [4.78, 5) is 24.8. The third-order valence-corrected chi connectivity index (χ3v) is 3.78. The lowest BCUT2D eigenvalue weighted by Gasteiger charge is -2.26. The van der Waals surface area contributed by atoms with Gasteiger partial charge in [0.05, 0.1) is 13.2 Å². The summed E-state index contributed by atoms with van der Waals surface area (Å²) < 4.78 is 15.7. The van der Waals surface area contributed by atoms with Gasteiger partial charge in [0, 0.05) is 7.05 Å². The number of amides is 2. The molecule has 0 spiro atoms. The molecule has 1 heterocycles. The van der Waals surface area contributed by atoms with Crippen LogP contribution >= 0.6 is 0 Å². The van der Waals surface area contributed by atoms with E-state index in [0.717, 1.165) is 5.56 Å². The summed E-state index contributed by atoms with van der Waals surface area (Å²) in [7, 11) is 2.79. The highest BCUT2D eigenvalue weighted by Crippen LogP contribution is 2.34. The highest BCUT2D eigenvalue weighted by atomic mass is 16.6. The van der Waals surface area contributed by atoms with Crippen molar-refractivity contribution < 1.29 is 23.8 Å². The summed E-state index contributed by atoms with van der Waals surface area (Å²) in [6.45, 7) is 5.02. The van der Waals surface area contributed by atoms with E-state index < -0.39 is 6.09 Å². The number of likely N-dealkylation sites (N-methyl/N-ethyl adjacent to an activating group) is 1. The molecule has 1 aliphatic rings. The Morgan fingerprint density at radius 3 is 2.54 bits per heavy atom. The molecule has 132 valence electrons. The Morgan fingerprint density at radius 1 is 1.25 bits per heavy atom. The van der Waals surface area contributed by atoms with Crippen molar-refractivity contribution in [1.29, 1.82) is 0 Å². The summed E-state index contributed by atoms with van der Waals surface area (Å²) in [5.41, 5.74) is 0.934. The van der Waals surface area contributed by atoms with Crippen LogP contribution in [0, 0.1) is 5.92 Å². The average Bonchev–Trinajstić information content (AvgIpc) is 2.58. The van der Waals surface area contributed by atoms with E-state index in [4.69, 9.17) is 9.47 Å². The Bertz CT molecular complexity index is 603. The van der Waals surface area contributed by atoms with Gasteiger partial charge in [-0.3, -0.25) is 4.79 Å². The second-order valence-corrected chi connectivity index (χ2v) is 6.02. The molecule has 0 fully saturated rings. The number of nitrogens with one attached hydrogen (secondary N) is 1. The number of nitrogens with zero attached hydrogens (tertiary/aromatic N) is 1. The lowest BCUT2D eigenvalue weighted by atomic mass is 9.95. The number of carbonyl (C=O) groups excluding carboxylic acids is 2. The summed E-state index contributed by atoms with van der Waals surface area (Å²) >= 11 is 0. The standard InChI is InChI=1S/C17H24N2O5/c1-11(2)16(18-15(20)10-19(3)17(21)22-4)12-5-6-13-14(9-12)24-8-7-23-13/h5-6,9,11,16H,7-8,10H2,1-4H3,(H,18,20). The molecule has 7 heteroatoms. The number of hydrogen-bond acceptors (Lipinski definition) is 5. The van der Waals surface area contributed by atoms with Gasteiger partial charge in [0.2, 0.25) is 5.91 Å². The van der Waals surface area contributed by atoms with Crippen LogP contribution in [0.15, 0.2) is 18.2 Å². The molecule has 1 unspecified atom stereocenters. The molecule has 0 aliphatic carbocycles. The number of hydrogen-bond donors (Lipinski definition) is 1. The van der Waals surface area contributed by atoms with Crippen LogP contribution in [0.3, 0.4) is 0 Å². The fraction of sp³-hybridized carbons (Fsp3) is 0.529. The first kappa shape index (κ1) is 17.9. The molecule has 2 rings (SSSR count). The fourth-order valence-corrected chi connectivity index (χ4v) is 2.54. The lowest BCUT2D eigenvalue weighted by Crippen LogP contribution is -2.41. The Balaban J connectivity index is 2.09. The molecule has 1 aromatic rings. The molecule has 1 N–H and O–H groups in total. The normalized spacial score (nSPS) is 14.0. The van der Waals surface area contributed by atoms with Gasteiger partial charge in [-0.15, -0.1) is 0 Å². The zero-order chi connectivity index (χ0) is 17.7. The molecule has 0 aromatic heterocycles. The van der Waals surface area contributed by atoms with Crippen LogP contribution < -0.4 is 14.8 Å². The molecule has 1 aliphatic heterocycles. The molecule has 1 atom stereocenters. The predicted molar refractivity (Wildman–Crippen MR) is 88.2 cm³/mol. The van der Waals surface area contributed by atoms with Crippen LogP contribution in [0.2, 0.25) is 0 Å². The van der Waals surface area contributed by atoms with Crippen LogP contribution in [0.25, 0.3) is 0 Å². The van der Waals surface area contributed by atoms with E-state index in [1.165, 1.54) is 19.1 Å². The summed E-state index contributed by atoms with van der Waals surface area (Å²) in [6, 6.07) is 5.47.